The monoisotopic (exact) mass is 430 g/mol. The molecule has 1 amide bonds. The van der Waals surface area contributed by atoms with E-state index in [-0.39, 0.29) is 11.7 Å². The Bertz CT molecular complexity index is 870. The van der Waals surface area contributed by atoms with Gasteiger partial charge in [0.1, 0.15) is 5.82 Å². The van der Waals surface area contributed by atoms with Crippen LogP contribution < -0.4 is 24.4 Å². The van der Waals surface area contributed by atoms with Gasteiger partial charge < -0.3 is 24.4 Å². The van der Waals surface area contributed by atoms with Crippen molar-refractivity contribution >= 4 is 17.3 Å². The topological polar surface area (TPSA) is 60.0 Å². The molecule has 0 aromatic heterocycles. The van der Waals surface area contributed by atoms with Crippen molar-refractivity contribution in [3.63, 3.8) is 0 Å². The fourth-order valence-electron chi connectivity index (χ4n) is 3.70. The number of piperidine rings is 1. The van der Waals surface area contributed by atoms with Crippen molar-refractivity contribution in [2.24, 2.45) is 0 Å². The lowest BCUT2D eigenvalue weighted by atomic mass is 10.1. The predicted molar refractivity (Wildman–Crippen MR) is 120 cm³/mol. The molecule has 1 saturated heterocycles. The smallest absolute Gasteiger partial charge is 0.255 e. The Morgan fingerprint density at radius 2 is 1.55 bits per heavy atom. The second-order valence-electron chi connectivity index (χ2n) is 7.27. The standard InChI is InChI=1S/C24H31FN2O4/c1-4-29-21-14-17(15-22(30-5-2)23(21)31-6-3)24(28)26-18-10-11-20(19(25)16-18)27-12-8-7-9-13-27/h10-11,14-16H,4-9,12-13H2,1-3H3,(H,26,28). The third-order valence-electron chi connectivity index (χ3n) is 5.07. The van der Waals surface area contributed by atoms with Crippen molar-refractivity contribution in [3.8, 4) is 17.2 Å². The van der Waals surface area contributed by atoms with Crippen LogP contribution in [-0.4, -0.2) is 38.8 Å². The molecule has 1 N–H and O–H groups in total. The van der Waals surface area contributed by atoms with Crippen molar-refractivity contribution in [2.75, 3.05) is 43.1 Å². The molecule has 31 heavy (non-hydrogen) atoms. The molecule has 6 nitrogen and oxygen atoms in total. The molecule has 0 bridgehead atoms. The van der Waals surface area contributed by atoms with Crippen LogP contribution in [0.1, 0.15) is 50.4 Å². The largest absolute Gasteiger partial charge is 0.490 e. The Hall–Kier alpha value is -2.96. The molecule has 1 fully saturated rings. The van der Waals surface area contributed by atoms with E-state index in [0.717, 1.165) is 25.9 Å². The summed E-state index contributed by atoms with van der Waals surface area (Å²) < 4.78 is 31.7. The predicted octanol–water partition coefficient (Wildman–Crippen LogP) is 5.26. The second-order valence-corrected chi connectivity index (χ2v) is 7.27. The number of carbonyl (C=O) groups is 1. The number of rotatable bonds is 9. The molecular formula is C24H31FN2O4. The minimum absolute atomic E-state index is 0.337. The Morgan fingerprint density at radius 3 is 2.10 bits per heavy atom. The first-order valence-corrected chi connectivity index (χ1v) is 11.0. The highest BCUT2D eigenvalue weighted by Crippen LogP contribution is 2.39. The molecule has 0 aliphatic carbocycles. The van der Waals surface area contributed by atoms with Crippen LogP contribution in [0, 0.1) is 5.82 Å². The van der Waals surface area contributed by atoms with E-state index in [1.54, 1.807) is 24.3 Å². The Balaban J connectivity index is 1.82. The van der Waals surface area contributed by atoms with Gasteiger partial charge in [0.2, 0.25) is 5.75 Å². The Morgan fingerprint density at radius 1 is 0.935 bits per heavy atom. The summed E-state index contributed by atoms with van der Waals surface area (Å²) in [6, 6.07) is 8.05. The molecule has 168 valence electrons. The molecule has 2 aromatic carbocycles. The highest BCUT2D eigenvalue weighted by molar-refractivity contribution is 6.05. The maximum Gasteiger partial charge on any atom is 0.255 e. The molecule has 0 saturated carbocycles. The lowest BCUT2D eigenvalue weighted by Gasteiger charge is -2.29. The summed E-state index contributed by atoms with van der Waals surface area (Å²) in [4.78, 5) is 15.0. The maximum absolute atomic E-state index is 14.7. The van der Waals surface area contributed by atoms with Gasteiger partial charge in [-0.25, -0.2) is 4.39 Å². The zero-order valence-corrected chi connectivity index (χ0v) is 18.5. The number of hydrogen-bond donors (Lipinski definition) is 1. The van der Waals surface area contributed by atoms with Crippen LogP contribution in [0.4, 0.5) is 15.8 Å². The molecule has 1 aliphatic rings. The summed E-state index contributed by atoms with van der Waals surface area (Å²) in [6.45, 7) is 8.57. The average molecular weight is 431 g/mol. The van der Waals surface area contributed by atoms with E-state index in [1.165, 1.54) is 12.5 Å². The van der Waals surface area contributed by atoms with Gasteiger partial charge >= 0.3 is 0 Å². The molecule has 2 aromatic rings. The number of carbonyl (C=O) groups excluding carboxylic acids is 1. The van der Waals surface area contributed by atoms with Gasteiger partial charge in [0, 0.05) is 24.3 Å². The van der Waals surface area contributed by atoms with Crippen molar-refractivity contribution < 1.29 is 23.4 Å². The molecular weight excluding hydrogens is 399 g/mol. The normalized spacial score (nSPS) is 13.6. The van der Waals surface area contributed by atoms with Crippen LogP contribution in [-0.2, 0) is 0 Å². The van der Waals surface area contributed by atoms with Crippen LogP contribution in [0.2, 0.25) is 0 Å². The summed E-state index contributed by atoms with van der Waals surface area (Å²) in [5.74, 6) is 0.630. The van der Waals surface area contributed by atoms with Crippen LogP contribution in [0.3, 0.4) is 0 Å². The maximum atomic E-state index is 14.7. The minimum Gasteiger partial charge on any atom is -0.490 e. The lowest BCUT2D eigenvalue weighted by Crippen LogP contribution is -2.30. The Kier molecular flexibility index (Phi) is 7.98. The SMILES string of the molecule is CCOc1cc(C(=O)Nc2ccc(N3CCCCC3)c(F)c2)cc(OCC)c1OCC. The average Bonchev–Trinajstić information content (AvgIpc) is 2.77. The second kappa shape index (κ2) is 10.9. The first-order valence-electron chi connectivity index (χ1n) is 11.0. The number of amides is 1. The quantitative estimate of drug-likeness (QED) is 0.588. The Labute approximate surface area is 183 Å². The van der Waals surface area contributed by atoms with E-state index in [9.17, 15) is 9.18 Å². The molecule has 1 heterocycles. The summed E-state index contributed by atoms with van der Waals surface area (Å²) >= 11 is 0. The van der Waals surface area contributed by atoms with Gasteiger partial charge in [-0.15, -0.1) is 0 Å². The summed E-state index contributed by atoms with van der Waals surface area (Å²) in [5, 5.41) is 2.77. The molecule has 7 heteroatoms. The number of benzene rings is 2. The highest BCUT2D eigenvalue weighted by Gasteiger charge is 2.20. The van der Waals surface area contributed by atoms with E-state index in [1.807, 2.05) is 20.8 Å². The fourth-order valence-corrected chi connectivity index (χ4v) is 3.70. The van der Waals surface area contributed by atoms with Crippen LogP contribution in [0.25, 0.3) is 0 Å². The van der Waals surface area contributed by atoms with Crippen molar-refractivity contribution in [3.05, 3.63) is 41.7 Å². The minimum atomic E-state index is -0.380. The van der Waals surface area contributed by atoms with Gasteiger partial charge in [0.15, 0.2) is 11.5 Å². The zero-order chi connectivity index (χ0) is 22.2. The van der Waals surface area contributed by atoms with Gasteiger partial charge in [-0.05, 0) is 70.4 Å². The van der Waals surface area contributed by atoms with Gasteiger partial charge in [-0.1, -0.05) is 0 Å². The van der Waals surface area contributed by atoms with Crippen molar-refractivity contribution in [2.45, 2.75) is 40.0 Å². The number of hydrogen-bond acceptors (Lipinski definition) is 5. The van der Waals surface area contributed by atoms with E-state index >= 15 is 0 Å². The van der Waals surface area contributed by atoms with Gasteiger partial charge in [0.25, 0.3) is 5.91 Å². The molecule has 0 unspecified atom stereocenters. The summed E-state index contributed by atoms with van der Waals surface area (Å²) in [5.41, 5.74) is 1.32. The highest BCUT2D eigenvalue weighted by atomic mass is 19.1. The first-order chi connectivity index (χ1) is 15.1. The van der Waals surface area contributed by atoms with E-state index in [0.29, 0.717) is 54.0 Å². The van der Waals surface area contributed by atoms with E-state index in [2.05, 4.69) is 10.2 Å². The molecule has 3 rings (SSSR count). The summed E-state index contributed by atoms with van der Waals surface area (Å²) in [7, 11) is 0. The van der Waals surface area contributed by atoms with Crippen molar-refractivity contribution in [1.82, 2.24) is 0 Å². The third-order valence-corrected chi connectivity index (χ3v) is 5.07. The van der Waals surface area contributed by atoms with Crippen LogP contribution >= 0.6 is 0 Å². The van der Waals surface area contributed by atoms with Gasteiger partial charge in [-0.3, -0.25) is 4.79 Å². The molecule has 0 radical (unpaired) electrons. The summed E-state index contributed by atoms with van der Waals surface area (Å²) in [6.07, 6.45) is 3.32. The van der Waals surface area contributed by atoms with Gasteiger partial charge in [-0.2, -0.15) is 0 Å². The number of nitrogens with one attached hydrogen (secondary N) is 1. The molecule has 0 atom stereocenters. The van der Waals surface area contributed by atoms with Gasteiger partial charge in [0.05, 0.1) is 25.5 Å². The number of anilines is 2. The third kappa shape index (κ3) is 5.60. The zero-order valence-electron chi connectivity index (χ0n) is 18.5. The molecule has 1 aliphatic heterocycles. The van der Waals surface area contributed by atoms with Crippen molar-refractivity contribution in [1.29, 1.82) is 0 Å². The van der Waals surface area contributed by atoms with Crippen LogP contribution in [0.5, 0.6) is 17.2 Å². The first kappa shape index (κ1) is 22.7. The van der Waals surface area contributed by atoms with E-state index < -0.39 is 0 Å². The lowest BCUT2D eigenvalue weighted by molar-refractivity contribution is 0.102. The molecule has 0 spiro atoms. The van der Waals surface area contributed by atoms with Crippen LogP contribution in [0.15, 0.2) is 30.3 Å². The number of ether oxygens (including phenoxy) is 3. The van der Waals surface area contributed by atoms with E-state index in [4.69, 9.17) is 14.2 Å². The number of halogens is 1. The number of nitrogens with zero attached hydrogens (tertiary/aromatic N) is 1. The fraction of sp³-hybridized carbons (Fsp3) is 0.458.